The third-order valence-electron chi connectivity index (χ3n) is 5.09. The molecule has 0 aliphatic heterocycles. The molecule has 33 heavy (non-hydrogen) atoms. The van der Waals surface area contributed by atoms with Crippen molar-refractivity contribution in [1.82, 2.24) is 15.2 Å². The smallest absolute Gasteiger partial charge is 0.257 e. The van der Waals surface area contributed by atoms with E-state index in [-0.39, 0.29) is 5.25 Å². The van der Waals surface area contributed by atoms with Crippen molar-refractivity contribution < 1.29 is 13.6 Å². The van der Waals surface area contributed by atoms with Gasteiger partial charge in [-0.3, -0.25) is 0 Å². The molecule has 0 aliphatic carbocycles. The van der Waals surface area contributed by atoms with Gasteiger partial charge in [-0.1, -0.05) is 72.4 Å². The molecular formula is C26H21N3O3S. The van der Waals surface area contributed by atoms with Crippen LogP contribution in [-0.2, 0) is 0 Å². The molecule has 0 saturated heterocycles. The van der Waals surface area contributed by atoms with Crippen LogP contribution in [0.25, 0.3) is 34.0 Å². The van der Waals surface area contributed by atoms with Crippen LogP contribution in [-0.4, -0.2) is 22.3 Å². The van der Waals surface area contributed by atoms with Gasteiger partial charge in [0, 0.05) is 16.7 Å². The number of oxazole rings is 1. The van der Waals surface area contributed by atoms with E-state index in [1.54, 1.807) is 7.11 Å². The Balaban J connectivity index is 1.41. The second-order valence-corrected chi connectivity index (χ2v) is 8.62. The molecule has 2 aromatic heterocycles. The van der Waals surface area contributed by atoms with Crippen molar-refractivity contribution in [3.63, 3.8) is 0 Å². The Bertz CT molecular complexity index is 1280. The zero-order chi connectivity index (χ0) is 22.6. The molecule has 0 N–H and O–H groups in total. The van der Waals surface area contributed by atoms with Gasteiger partial charge in [0.25, 0.3) is 5.22 Å². The van der Waals surface area contributed by atoms with Crippen LogP contribution in [0, 0.1) is 0 Å². The molecule has 0 fully saturated rings. The summed E-state index contributed by atoms with van der Waals surface area (Å²) in [5, 5.41) is 8.84. The van der Waals surface area contributed by atoms with Crippen LogP contribution in [0.4, 0.5) is 0 Å². The summed E-state index contributed by atoms with van der Waals surface area (Å²) in [5.41, 5.74) is 3.61. The summed E-state index contributed by atoms with van der Waals surface area (Å²) in [6, 6.07) is 27.5. The number of hydrogen-bond donors (Lipinski definition) is 0. The second kappa shape index (κ2) is 9.34. The first-order chi connectivity index (χ1) is 16.2. The molecule has 1 atom stereocenters. The molecule has 164 valence electrons. The highest BCUT2D eigenvalue weighted by Gasteiger charge is 2.22. The number of thioether (sulfide) groups is 1. The minimum absolute atomic E-state index is 0.143. The van der Waals surface area contributed by atoms with E-state index < -0.39 is 0 Å². The van der Waals surface area contributed by atoms with Crippen molar-refractivity contribution in [3.8, 4) is 39.8 Å². The Morgan fingerprint density at radius 1 is 0.758 bits per heavy atom. The van der Waals surface area contributed by atoms with E-state index in [9.17, 15) is 0 Å². The van der Waals surface area contributed by atoms with Gasteiger partial charge in [-0.05, 0) is 31.2 Å². The summed E-state index contributed by atoms with van der Waals surface area (Å²) in [4.78, 5) is 4.80. The van der Waals surface area contributed by atoms with E-state index in [4.69, 9.17) is 18.6 Å². The molecule has 3 aromatic carbocycles. The van der Waals surface area contributed by atoms with Gasteiger partial charge in [0.1, 0.15) is 11.4 Å². The summed E-state index contributed by atoms with van der Waals surface area (Å²) < 4.78 is 17.3. The summed E-state index contributed by atoms with van der Waals surface area (Å²) in [6.45, 7) is 1.99. The molecule has 5 aromatic rings. The standard InChI is InChI=1S/C26H21N3O3S/c1-17(24-28-29-25(32-24)20-13-15-21(30-2)16-14-20)33-26-27-22(18-9-5-3-6-10-18)23(31-26)19-11-7-4-8-12-19/h3-17H,1-2H3. The average molecular weight is 456 g/mol. The SMILES string of the molecule is COc1ccc(-c2nnc(C(C)Sc3nc(-c4ccccc4)c(-c4ccccc4)o3)o2)cc1. The fourth-order valence-electron chi connectivity index (χ4n) is 3.38. The number of nitrogens with zero attached hydrogens (tertiary/aromatic N) is 3. The van der Waals surface area contributed by atoms with Gasteiger partial charge in [0.2, 0.25) is 11.8 Å². The van der Waals surface area contributed by atoms with E-state index >= 15 is 0 Å². The third kappa shape index (κ3) is 4.54. The Morgan fingerprint density at radius 3 is 2.09 bits per heavy atom. The van der Waals surface area contributed by atoms with E-state index in [1.807, 2.05) is 91.9 Å². The van der Waals surface area contributed by atoms with Crippen LogP contribution in [0.3, 0.4) is 0 Å². The van der Waals surface area contributed by atoms with Gasteiger partial charge in [0.05, 0.1) is 12.4 Å². The van der Waals surface area contributed by atoms with Crippen molar-refractivity contribution >= 4 is 11.8 Å². The fourth-order valence-corrected chi connectivity index (χ4v) is 4.15. The maximum Gasteiger partial charge on any atom is 0.257 e. The summed E-state index contributed by atoms with van der Waals surface area (Å²) >= 11 is 1.44. The second-order valence-electron chi connectivity index (χ2n) is 7.32. The molecule has 0 amide bonds. The molecule has 5 rings (SSSR count). The number of methoxy groups -OCH3 is 1. The topological polar surface area (TPSA) is 74.2 Å². The fraction of sp³-hybridized carbons (Fsp3) is 0.115. The third-order valence-corrected chi connectivity index (χ3v) is 6.03. The van der Waals surface area contributed by atoms with Gasteiger partial charge in [-0.2, -0.15) is 0 Å². The normalized spacial score (nSPS) is 11.9. The Kier molecular flexibility index (Phi) is 5.95. The van der Waals surface area contributed by atoms with Crippen molar-refractivity contribution in [1.29, 1.82) is 0 Å². The van der Waals surface area contributed by atoms with Gasteiger partial charge in [-0.25, -0.2) is 4.98 Å². The zero-order valence-corrected chi connectivity index (χ0v) is 19.0. The van der Waals surface area contributed by atoms with Gasteiger partial charge >= 0.3 is 0 Å². The predicted octanol–water partition coefficient (Wildman–Crippen LogP) is 6.92. The Morgan fingerprint density at radius 2 is 1.42 bits per heavy atom. The van der Waals surface area contributed by atoms with Crippen molar-refractivity contribution in [2.24, 2.45) is 0 Å². The molecule has 7 heteroatoms. The van der Waals surface area contributed by atoms with Crippen molar-refractivity contribution in [3.05, 3.63) is 90.8 Å². The summed E-state index contributed by atoms with van der Waals surface area (Å²) in [5.74, 6) is 2.48. The molecule has 0 bridgehead atoms. The van der Waals surface area contributed by atoms with Crippen LogP contribution in [0.5, 0.6) is 5.75 Å². The lowest BCUT2D eigenvalue weighted by molar-refractivity contribution is 0.415. The van der Waals surface area contributed by atoms with Crippen LogP contribution >= 0.6 is 11.8 Å². The van der Waals surface area contributed by atoms with Crippen molar-refractivity contribution in [2.45, 2.75) is 17.4 Å². The minimum Gasteiger partial charge on any atom is -0.497 e. The van der Waals surface area contributed by atoms with E-state index in [0.29, 0.717) is 17.0 Å². The van der Waals surface area contributed by atoms with E-state index in [1.165, 1.54) is 11.8 Å². The molecule has 6 nitrogen and oxygen atoms in total. The number of benzene rings is 3. The van der Waals surface area contributed by atoms with Crippen LogP contribution in [0.15, 0.2) is 99.0 Å². The quantitative estimate of drug-likeness (QED) is 0.247. The van der Waals surface area contributed by atoms with Gasteiger partial charge in [-0.15, -0.1) is 10.2 Å². The van der Waals surface area contributed by atoms with Gasteiger partial charge in [0.15, 0.2) is 5.76 Å². The minimum atomic E-state index is -0.143. The van der Waals surface area contributed by atoms with Crippen LogP contribution in [0.1, 0.15) is 18.1 Å². The number of ether oxygens (including phenoxy) is 1. The van der Waals surface area contributed by atoms with E-state index in [2.05, 4.69) is 10.2 Å². The molecular weight excluding hydrogens is 434 g/mol. The lowest BCUT2D eigenvalue weighted by atomic mass is 10.1. The first kappa shape index (κ1) is 21.0. The highest BCUT2D eigenvalue weighted by atomic mass is 32.2. The summed E-state index contributed by atoms with van der Waals surface area (Å²) in [6.07, 6.45) is 0. The monoisotopic (exact) mass is 455 g/mol. The van der Waals surface area contributed by atoms with Crippen LogP contribution < -0.4 is 4.74 Å². The largest absolute Gasteiger partial charge is 0.497 e. The highest BCUT2D eigenvalue weighted by Crippen LogP contribution is 2.40. The first-order valence-corrected chi connectivity index (χ1v) is 11.4. The maximum atomic E-state index is 6.21. The molecule has 0 radical (unpaired) electrons. The Hall–Kier alpha value is -3.84. The number of aromatic nitrogens is 3. The first-order valence-electron chi connectivity index (χ1n) is 10.5. The Labute approximate surface area is 195 Å². The molecule has 0 aliphatic rings. The van der Waals surface area contributed by atoms with Crippen molar-refractivity contribution in [2.75, 3.05) is 7.11 Å². The molecule has 0 saturated carbocycles. The van der Waals surface area contributed by atoms with Crippen LogP contribution in [0.2, 0.25) is 0 Å². The number of hydrogen-bond acceptors (Lipinski definition) is 7. The lowest BCUT2D eigenvalue weighted by Crippen LogP contribution is -1.88. The molecule has 1 unspecified atom stereocenters. The highest BCUT2D eigenvalue weighted by molar-refractivity contribution is 7.99. The lowest BCUT2D eigenvalue weighted by Gasteiger charge is -2.02. The summed E-state index contributed by atoms with van der Waals surface area (Å²) in [7, 11) is 1.63. The van der Waals surface area contributed by atoms with Gasteiger partial charge < -0.3 is 13.6 Å². The zero-order valence-electron chi connectivity index (χ0n) is 18.1. The molecule has 2 heterocycles. The average Bonchev–Trinajstić information content (AvgIpc) is 3.53. The predicted molar refractivity (Wildman–Crippen MR) is 128 cm³/mol. The molecule has 0 spiro atoms. The van der Waals surface area contributed by atoms with E-state index in [0.717, 1.165) is 33.9 Å². The number of rotatable bonds is 7. The maximum absolute atomic E-state index is 6.21.